The van der Waals surface area contributed by atoms with Gasteiger partial charge in [0.2, 0.25) is 0 Å². The highest BCUT2D eigenvalue weighted by molar-refractivity contribution is 5.76. The van der Waals surface area contributed by atoms with Crippen LogP contribution in [0.5, 0.6) is 0 Å². The van der Waals surface area contributed by atoms with Gasteiger partial charge in [0.15, 0.2) is 5.82 Å². The van der Waals surface area contributed by atoms with Crippen molar-refractivity contribution < 1.29 is 9.90 Å². The van der Waals surface area contributed by atoms with Crippen molar-refractivity contribution in [3.8, 4) is 0 Å². The fourth-order valence-electron chi connectivity index (χ4n) is 7.84. The second kappa shape index (κ2) is 10.3. The summed E-state index contributed by atoms with van der Waals surface area (Å²) in [4.78, 5) is 36.7. The number of carboxylic acid groups (broad SMARTS) is 1. The van der Waals surface area contributed by atoms with Crippen LogP contribution in [0.15, 0.2) is 29.1 Å². The number of amides is 1. The summed E-state index contributed by atoms with van der Waals surface area (Å²) in [7, 11) is 1.61. The van der Waals surface area contributed by atoms with Crippen LogP contribution < -0.4 is 10.5 Å². The lowest BCUT2D eigenvalue weighted by Gasteiger charge is -2.45. The molecule has 4 heterocycles. The van der Waals surface area contributed by atoms with Crippen LogP contribution in [-0.4, -0.2) is 74.9 Å². The summed E-state index contributed by atoms with van der Waals surface area (Å²) < 4.78 is 2.06. The Labute approximate surface area is 219 Å². The normalized spacial score (nSPS) is 29.4. The number of nitrogens with zero attached hydrogens (tertiary/aromatic N) is 5. The minimum Gasteiger partial charge on any atom is -0.465 e. The van der Waals surface area contributed by atoms with Crippen molar-refractivity contribution >= 4 is 22.9 Å². The van der Waals surface area contributed by atoms with Gasteiger partial charge in [-0.25, -0.2) is 9.78 Å². The van der Waals surface area contributed by atoms with E-state index in [4.69, 9.17) is 4.98 Å². The number of para-hydroxylation sites is 2. The first kappa shape index (κ1) is 24.7. The molecule has 4 aliphatic rings. The minimum absolute atomic E-state index is 0.0128. The fourth-order valence-corrected chi connectivity index (χ4v) is 7.84. The van der Waals surface area contributed by atoms with Gasteiger partial charge in [-0.2, -0.15) is 0 Å². The highest BCUT2D eigenvalue weighted by Gasteiger charge is 2.45. The van der Waals surface area contributed by atoms with E-state index in [0.717, 1.165) is 23.9 Å². The number of likely N-dealkylation sites (N-methyl/N-ethyl adjacent to an activating group) is 1. The number of aromatic nitrogens is 2. The first-order chi connectivity index (χ1) is 18.0. The molecule has 1 aliphatic carbocycles. The third-order valence-electron chi connectivity index (χ3n) is 9.72. The highest BCUT2D eigenvalue weighted by atomic mass is 16.4. The zero-order valence-electron chi connectivity index (χ0n) is 22.1. The summed E-state index contributed by atoms with van der Waals surface area (Å²) in [5.41, 5.74) is 1.77. The second-order valence-corrected chi connectivity index (χ2v) is 11.8. The van der Waals surface area contributed by atoms with Gasteiger partial charge in [0.1, 0.15) is 0 Å². The Morgan fingerprint density at radius 1 is 0.919 bits per heavy atom. The fraction of sp³-hybridized carbons (Fsp3) is 0.690. The number of carbonyl (C=O) groups is 1. The van der Waals surface area contributed by atoms with E-state index in [0.29, 0.717) is 43.5 Å². The molecule has 37 heavy (non-hydrogen) atoms. The van der Waals surface area contributed by atoms with Gasteiger partial charge in [-0.1, -0.05) is 44.2 Å². The highest BCUT2D eigenvalue weighted by Crippen LogP contribution is 2.44. The van der Waals surface area contributed by atoms with E-state index < -0.39 is 6.09 Å². The summed E-state index contributed by atoms with van der Waals surface area (Å²) in [6, 6.07) is 9.94. The molecular formula is C29H41N5O3. The first-order valence-corrected chi connectivity index (χ1v) is 14.5. The molecule has 1 N–H and O–H groups in total. The molecule has 1 saturated carbocycles. The summed E-state index contributed by atoms with van der Waals surface area (Å²) in [5, 5.41) is 9.43. The van der Waals surface area contributed by atoms with Crippen molar-refractivity contribution in [3.05, 3.63) is 34.6 Å². The molecular weight excluding hydrogens is 466 g/mol. The monoisotopic (exact) mass is 507 g/mol. The first-order valence-electron chi connectivity index (χ1n) is 14.5. The van der Waals surface area contributed by atoms with Crippen LogP contribution in [0.3, 0.4) is 0 Å². The third kappa shape index (κ3) is 4.62. The third-order valence-corrected chi connectivity index (χ3v) is 9.72. The Bertz CT molecular complexity index is 1180. The van der Waals surface area contributed by atoms with Crippen LogP contribution in [0.2, 0.25) is 0 Å². The van der Waals surface area contributed by atoms with E-state index in [1.807, 2.05) is 29.2 Å². The Hall–Kier alpha value is -2.61. The van der Waals surface area contributed by atoms with Gasteiger partial charge in [0, 0.05) is 44.3 Å². The second-order valence-electron chi connectivity index (χ2n) is 11.8. The summed E-state index contributed by atoms with van der Waals surface area (Å²) >= 11 is 0. The molecule has 2 aromatic rings. The lowest BCUT2D eigenvalue weighted by Crippen LogP contribution is -2.50. The topological polar surface area (TPSA) is 81.9 Å². The average Bonchev–Trinajstić information content (AvgIpc) is 3.45. The summed E-state index contributed by atoms with van der Waals surface area (Å²) in [6.07, 6.45) is 13.9. The molecule has 8 heteroatoms. The van der Waals surface area contributed by atoms with Crippen LogP contribution in [-0.2, 0) is 0 Å². The van der Waals surface area contributed by atoms with Crippen LogP contribution >= 0.6 is 0 Å². The maximum atomic E-state index is 14.1. The Kier molecular flexibility index (Phi) is 6.86. The smallest absolute Gasteiger partial charge is 0.407 e. The van der Waals surface area contributed by atoms with Gasteiger partial charge in [0.25, 0.3) is 5.56 Å². The average molecular weight is 508 g/mol. The number of anilines is 1. The van der Waals surface area contributed by atoms with Crippen molar-refractivity contribution in [1.82, 2.24) is 19.4 Å². The van der Waals surface area contributed by atoms with Crippen molar-refractivity contribution in [1.29, 1.82) is 0 Å². The van der Waals surface area contributed by atoms with Crippen LogP contribution in [0.25, 0.3) is 11.0 Å². The molecule has 200 valence electrons. The van der Waals surface area contributed by atoms with Gasteiger partial charge < -0.3 is 19.5 Å². The number of piperidine rings is 1. The van der Waals surface area contributed by atoms with Gasteiger partial charge in [0.05, 0.1) is 17.1 Å². The number of fused-ring (bicyclic) bond motifs is 3. The number of benzene rings is 1. The van der Waals surface area contributed by atoms with E-state index >= 15 is 0 Å². The maximum Gasteiger partial charge on any atom is 0.407 e. The molecule has 0 radical (unpaired) electrons. The summed E-state index contributed by atoms with van der Waals surface area (Å²) in [5.74, 6) is 0.481. The van der Waals surface area contributed by atoms with Gasteiger partial charge >= 0.3 is 6.09 Å². The molecule has 3 saturated heterocycles. The van der Waals surface area contributed by atoms with Crippen molar-refractivity contribution in [3.63, 3.8) is 0 Å². The Balaban J connectivity index is 1.30. The lowest BCUT2D eigenvalue weighted by molar-refractivity contribution is 0.0498. The van der Waals surface area contributed by atoms with Crippen LogP contribution in [0.1, 0.15) is 83.1 Å². The van der Waals surface area contributed by atoms with E-state index in [9.17, 15) is 14.7 Å². The SMILES string of the molecule is CN(C(=O)O)[C@@H]1CCN(c2nc3ccccc3n(C3C[C@H]4CC[C@@H](C3)N4C3CCCCCCC3)c2=O)C1. The number of hydrogen-bond acceptors (Lipinski definition) is 5. The molecule has 1 unspecified atom stereocenters. The standard InChI is InChI=1S/C29H41N5O3/c1-31(29(36)37)23-15-16-32(19-23)27-28(35)34(26-12-8-7-11-25(26)30-27)24-17-21-13-14-22(18-24)33(21)20-9-5-3-2-4-6-10-20/h7-8,11-12,20-24H,2-6,9-10,13-19H2,1H3,(H,36,37)/t21-,22+,23-,24?/m1/s1. The molecule has 8 nitrogen and oxygen atoms in total. The van der Waals surface area contributed by atoms with E-state index in [2.05, 4.69) is 9.47 Å². The van der Waals surface area contributed by atoms with Crippen LogP contribution in [0.4, 0.5) is 10.6 Å². The quantitative estimate of drug-likeness (QED) is 0.636. The van der Waals surface area contributed by atoms with E-state index in [-0.39, 0.29) is 17.6 Å². The molecule has 0 spiro atoms. The van der Waals surface area contributed by atoms with Gasteiger partial charge in [-0.05, 0) is 57.1 Å². The van der Waals surface area contributed by atoms with Crippen molar-refractivity contribution in [2.75, 3.05) is 25.0 Å². The maximum absolute atomic E-state index is 14.1. The number of rotatable bonds is 4. The minimum atomic E-state index is -0.928. The predicted octanol–water partition coefficient (Wildman–Crippen LogP) is 4.87. The Morgan fingerprint density at radius 3 is 2.30 bits per heavy atom. The molecule has 3 aliphatic heterocycles. The Morgan fingerprint density at radius 2 is 1.59 bits per heavy atom. The molecule has 6 rings (SSSR count). The predicted molar refractivity (Wildman–Crippen MR) is 145 cm³/mol. The molecule has 4 atom stereocenters. The zero-order chi connectivity index (χ0) is 25.5. The van der Waals surface area contributed by atoms with Crippen molar-refractivity contribution in [2.45, 2.75) is 107 Å². The molecule has 1 amide bonds. The van der Waals surface area contributed by atoms with Gasteiger partial charge in [-0.3, -0.25) is 9.69 Å². The molecule has 4 fully saturated rings. The van der Waals surface area contributed by atoms with E-state index in [1.165, 1.54) is 62.7 Å². The van der Waals surface area contributed by atoms with E-state index in [1.54, 1.807) is 7.05 Å². The lowest BCUT2D eigenvalue weighted by atomic mass is 9.89. The van der Waals surface area contributed by atoms with Crippen LogP contribution in [0, 0.1) is 0 Å². The van der Waals surface area contributed by atoms with Gasteiger partial charge in [-0.15, -0.1) is 0 Å². The summed E-state index contributed by atoms with van der Waals surface area (Å²) in [6.45, 7) is 1.16. The molecule has 2 bridgehead atoms. The zero-order valence-corrected chi connectivity index (χ0v) is 22.1. The number of hydrogen-bond donors (Lipinski definition) is 1. The van der Waals surface area contributed by atoms with Crippen molar-refractivity contribution in [2.24, 2.45) is 0 Å². The molecule has 1 aromatic heterocycles. The molecule has 1 aromatic carbocycles. The largest absolute Gasteiger partial charge is 0.465 e.